The lowest BCUT2D eigenvalue weighted by molar-refractivity contribution is 0.0696. The summed E-state index contributed by atoms with van der Waals surface area (Å²) in [6, 6.07) is 13.6. The Hall–Kier alpha value is -2.99. The summed E-state index contributed by atoms with van der Waals surface area (Å²) in [5.74, 6) is 0.191. The number of aromatic carboxylic acids is 1. The predicted octanol–water partition coefficient (Wildman–Crippen LogP) is 4.44. The molecule has 1 aliphatic rings. The minimum Gasteiger partial charge on any atom is -0.478 e. The van der Waals surface area contributed by atoms with Crippen LogP contribution in [0.15, 0.2) is 59.1 Å². The number of hydrogen-bond acceptors (Lipinski definition) is 4. The zero-order chi connectivity index (χ0) is 19.5. The van der Waals surface area contributed by atoms with Crippen LogP contribution in [0.4, 0.5) is 4.39 Å². The van der Waals surface area contributed by atoms with Gasteiger partial charge in [-0.3, -0.25) is 4.90 Å². The minimum atomic E-state index is -0.922. The van der Waals surface area contributed by atoms with Gasteiger partial charge >= 0.3 is 5.97 Å². The summed E-state index contributed by atoms with van der Waals surface area (Å²) in [6.45, 7) is 1.55. The minimum absolute atomic E-state index is 0.0646. The molecular formula is C22H21FN2O3. The maximum Gasteiger partial charge on any atom is 0.335 e. The van der Waals surface area contributed by atoms with Gasteiger partial charge in [0.1, 0.15) is 11.6 Å². The molecule has 0 amide bonds. The number of benzene rings is 2. The lowest BCUT2D eigenvalue weighted by Crippen LogP contribution is -2.23. The van der Waals surface area contributed by atoms with Crippen LogP contribution in [0.5, 0.6) is 0 Å². The summed E-state index contributed by atoms with van der Waals surface area (Å²) in [4.78, 5) is 17.9. The second-order valence-corrected chi connectivity index (χ2v) is 7.11. The molecule has 6 heteroatoms. The van der Waals surface area contributed by atoms with E-state index in [4.69, 9.17) is 4.42 Å². The molecule has 1 atom stereocenters. The highest BCUT2D eigenvalue weighted by Crippen LogP contribution is 2.33. The number of halogens is 1. The summed E-state index contributed by atoms with van der Waals surface area (Å²) in [5, 5.41) is 9.18. The van der Waals surface area contributed by atoms with Crippen LogP contribution in [-0.2, 0) is 13.0 Å². The fourth-order valence-corrected chi connectivity index (χ4v) is 3.74. The number of carboxylic acids is 1. The van der Waals surface area contributed by atoms with Crippen molar-refractivity contribution in [2.24, 2.45) is 0 Å². The molecule has 0 radical (unpaired) electrons. The molecule has 28 heavy (non-hydrogen) atoms. The zero-order valence-corrected chi connectivity index (χ0v) is 15.3. The number of oxazole rings is 1. The second-order valence-electron chi connectivity index (χ2n) is 7.11. The molecule has 0 saturated carbocycles. The van der Waals surface area contributed by atoms with E-state index in [1.165, 1.54) is 12.1 Å². The molecule has 144 valence electrons. The smallest absolute Gasteiger partial charge is 0.335 e. The Morgan fingerprint density at radius 2 is 2.04 bits per heavy atom. The first-order valence-electron chi connectivity index (χ1n) is 9.34. The third-order valence-electron chi connectivity index (χ3n) is 5.05. The lowest BCUT2D eigenvalue weighted by Gasteiger charge is -2.22. The van der Waals surface area contributed by atoms with Crippen LogP contribution in [0.3, 0.4) is 0 Å². The molecule has 2 aromatic carbocycles. The summed E-state index contributed by atoms with van der Waals surface area (Å²) < 4.78 is 19.3. The third kappa shape index (κ3) is 4.12. The molecule has 1 saturated heterocycles. The normalized spacial score (nSPS) is 17.1. The molecule has 4 rings (SSSR count). The Labute approximate surface area is 162 Å². The topological polar surface area (TPSA) is 66.6 Å². The fraction of sp³-hybridized carbons (Fsp3) is 0.273. The van der Waals surface area contributed by atoms with Crippen LogP contribution in [0.25, 0.3) is 0 Å². The summed E-state index contributed by atoms with van der Waals surface area (Å²) in [7, 11) is 0. The van der Waals surface area contributed by atoms with Gasteiger partial charge in [-0.1, -0.05) is 24.3 Å². The van der Waals surface area contributed by atoms with Gasteiger partial charge in [-0.15, -0.1) is 0 Å². The molecule has 3 aromatic rings. The van der Waals surface area contributed by atoms with Gasteiger partial charge in [0.2, 0.25) is 5.89 Å². The average molecular weight is 380 g/mol. The molecular weight excluding hydrogens is 359 g/mol. The van der Waals surface area contributed by atoms with Crippen molar-refractivity contribution >= 4 is 5.97 Å². The SMILES string of the molecule is O=C(O)c1cccc(CN2CCCC2c2ncc(Cc3cccc(F)c3)o2)c1. The van der Waals surface area contributed by atoms with Gasteiger partial charge in [-0.2, -0.15) is 0 Å². The number of nitrogens with zero attached hydrogens (tertiary/aromatic N) is 2. The Kier molecular flexibility index (Phi) is 5.21. The van der Waals surface area contributed by atoms with Crippen LogP contribution in [0.2, 0.25) is 0 Å². The van der Waals surface area contributed by atoms with Gasteiger partial charge in [-0.05, 0) is 54.8 Å². The first kappa shape index (κ1) is 18.4. The van der Waals surface area contributed by atoms with Gasteiger partial charge in [-0.25, -0.2) is 14.2 Å². The zero-order valence-electron chi connectivity index (χ0n) is 15.3. The molecule has 1 N–H and O–H groups in total. The van der Waals surface area contributed by atoms with Gasteiger partial charge in [0.25, 0.3) is 0 Å². The Balaban J connectivity index is 1.47. The van der Waals surface area contributed by atoms with Crippen LogP contribution in [0, 0.1) is 5.82 Å². The number of rotatable bonds is 6. The second kappa shape index (κ2) is 7.94. The highest BCUT2D eigenvalue weighted by Gasteiger charge is 2.30. The van der Waals surface area contributed by atoms with Crippen LogP contribution < -0.4 is 0 Å². The fourth-order valence-electron chi connectivity index (χ4n) is 3.74. The number of likely N-dealkylation sites (tertiary alicyclic amines) is 1. The summed E-state index contributed by atoms with van der Waals surface area (Å²) in [6.07, 6.45) is 4.18. The Bertz CT molecular complexity index is 985. The molecule has 1 unspecified atom stereocenters. The van der Waals surface area contributed by atoms with E-state index < -0.39 is 5.97 Å². The third-order valence-corrected chi connectivity index (χ3v) is 5.05. The number of aromatic nitrogens is 1. The van der Waals surface area contributed by atoms with Crippen LogP contribution in [-0.4, -0.2) is 27.5 Å². The first-order valence-corrected chi connectivity index (χ1v) is 9.34. The van der Waals surface area contributed by atoms with Crippen molar-refractivity contribution < 1.29 is 18.7 Å². The first-order chi connectivity index (χ1) is 13.6. The van der Waals surface area contributed by atoms with E-state index in [-0.39, 0.29) is 11.9 Å². The monoisotopic (exact) mass is 380 g/mol. The van der Waals surface area contributed by atoms with E-state index >= 15 is 0 Å². The average Bonchev–Trinajstić information content (AvgIpc) is 3.31. The Morgan fingerprint density at radius 3 is 2.86 bits per heavy atom. The van der Waals surface area contributed by atoms with Gasteiger partial charge in [0.05, 0.1) is 17.8 Å². The highest BCUT2D eigenvalue weighted by atomic mass is 19.1. The highest BCUT2D eigenvalue weighted by molar-refractivity contribution is 5.87. The molecule has 1 fully saturated rings. The van der Waals surface area contributed by atoms with Crippen molar-refractivity contribution in [3.05, 3.63) is 88.9 Å². The van der Waals surface area contributed by atoms with Crippen LogP contribution in [0.1, 0.15) is 52.0 Å². The molecule has 1 aromatic heterocycles. The van der Waals surface area contributed by atoms with E-state index in [2.05, 4.69) is 9.88 Å². The van der Waals surface area contributed by atoms with Crippen molar-refractivity contribution in [3.63, 3.8) is 0 Å². The predicted molar refractivity (Wildman–Crippen MR) is 101 cm³/mol. The maximum atomic E-state index is 13.4. The summed E-state index contributed by atoms with van der Waals surface area (Å²) in [5.41, 5.74) is 2.09. The van der Waals surface area contributed by atoms with Crippen molar-refractivity contribution in [2.45, 2.75) is 31.8 Å². The van der Waals surface area contributed by atoms with Gasteiger partial charge in [0, 0.05) is 13.0 Å². The van der Waals surface area contributed by atoms with Crippen molar-refractivity contribution in [1.29, 1.82) is 0 Å². The molecule has 0 spiro atoms. The van der Waals surface area contributed by atoms with Crippen molar-refractivity contribution in [3.8, 4) is 0 Å². The molecule has 0 aliphatic carbocycles. The molecule has 0 bridgehead atoms. The number of carbonyl (C=O) groups is 1. The maximum absolute atomic E-state index is 13.4. The summed E-state index contributed by atoms with van der Waals surface area (Å²) >= 11 is 0. The van der Waals surface area contributed by atoms with E-state index in [0.717, 1.165) is 30.5 Å². The van der Waals surface area contributed by atoms with Gasteiger partial charge < -0.3 is 9.52 Å². The lowest BCUT2D eigenvalue weighted by atomic mass is 10.1. The molecule has 5 nitrogen and oxygen atoms in total. The molecule has 2 heterocycles. The molecule has 1 aliphatic heterocycles. The van der Waals surface area contributed by atoms with Gasteiger partial charge in [0.15, 0.2) is 0 Å². The largest absolute Gasteiger partial charge is 0.478 e. The van der Waals surface area contributed by atoms with Crippen molar-refractivity contribution in [1.82, 2.24) is 9.88 Å². The number of carboxylic acid groups (broad SMARTS) is 1. The van der Waals surface area contributed by atoms with Crippen molar-refractivity contribution in [2.75, 3.05) is 6.54 Å². The van der Waals surface area contributed by atoms with Crippen LogP contribution >= 0.6 is 0 Å². The Morgan fingerprint density at radius 1 is 1.21 bits per heavy atom. The van der Waals surface area contributed by atoms with E-state index in [9.17, 15) is 14.3 Å². The van der Waals surface area contributed by atoms with E-state index in [0.29, 0.717) is 30.2 Å². The van der Waals surface area contributed by atoms with E-state index in [1.54, 1.807) is 30.5 Å². The number of hydrogen-bond donors (Lipinski definition) is 1. The quantitative estimate of drug-likeness (QED) is 0.685. The standard InChI is InChI=1S/C22H21FN2O3/c23-18-7-2-4-15(11-18)12-19-13-24-21(28-19)20-8-3-9-25(20)14-16-5-1-6-17(10-16)22(26)27/h1-2,4-7,10-11,13,20H,3,8-9,12,14H2,(H,26,27). The van der Waals surface area contributed by atoms with E-state index in [1.807, 2.05) is 12.1 Å².